The molecule has 0 spiro atoms. The maximum atomic E-state index is 12.3. The van der Waals surface area contributed by atoms with Gasteiger partial charge in [0, 0.05) is 12.7 Å². The number of aliphatic hydroxyl groups excluding tert-OH is 2. The zero-order chi connectivity index (χ0) is 23.1. The van der Waals surface area contributed by atoms with Gasteiger partial charge in [0.15, 0.2) is 5.56 Å². The van der Waals surface area contributed by atoms with Crippen molar-refractivity contribution in [2.75, 3.05) is 13.7 Å². The highest BCUT2D eigenvalue weighted by Gasteiger charge is 2.50. The lowest BCUT2D eigenvalue weighted by Crippen LogP contribution is -2.63. The van der Waals surface area contributed by atoms with Crippen molar-refractivity contribution in [2.24, 2.45) is 0 Å². The maximum Gasteiger partial charge on any atom is 0.354 e. The molecule has 0 saturated carbocycles. The number of benzene rings is 1. The Balaban J connectivity index is 2.00. The minimum absolute atomic E-state index is 0.00655. The first-order valence-corrected chi connectivity index (χ1v) is 9.73. The number of ether oxygens (including phenoxy) is 4. The molecule has 31 heavy (non-hydrogen) atoms. The van der Waals surface area contributed by atoms with E-state index in [1.54, 1.807) is 27.7 Å². The van der Waals surface area contributed by atoms with E-state index in [1.165, 1.54) is 19.2 Å². The molecule has 4 atom stereocenters. The molecule has 0 amide bonds. The zero-order valence-electron chi connectivity index (χ0n) is 17.9. The number of esters is 1. The third-order valence-corrected chi connectivity index (χ3v) is 5.27. The second-order valence-electron chi connectivity index (χ2n) is 7.74. The molecule has 3 rings (SSSR count). The van der Waals surface area contributed by atoms with Crippen LogP contribution in [-0.4, -0.2) is 65.2 Å². The second-order valence-corrected chi connectivity index (χ2v) is 7.74. The zero-order valence-corrected chi connectivity index (χ0v) is 17.9. The first-order valence-electron chi connectivity index (χ1n) is 9.73. The van der Waals surface area contributed by atoms with Gasteiger partial charge in [-0.2, -0.15) is 0 Å². The van der Waals surface area contributed by atoms with E-state index < -0.39 is 53.1 Å². The van der Waals surface area contributed by atoms with Crippen LogP contribution in [0.1, 0.15) is 36.7 Å². The molecule has 10 heteroatoms. The van der Waals surface area contributed by atoms with E-state index in [2.05, 4.69) is 0 Å². The van der Waals surface area contributed by atoms with Gasteiger partial charge >= 0.3 is 11.6 Å². The number of hydrogen-bond acceptors (Lipinski definition) is 10. The monoisotopic (exact) mass is 438 g/mol. The lowest BCUT2D eigenvalue weighted by atomic mass is 9.89. The molecule has 0 unspecified atom stereocenters. The summed E-state index contributed by atoms with van der Waals surface area (Å²) in [6.45, 7) is 6.54. The molecular formula is C21H26O10. The average molecular weight is 438 g/mol. The Hall–Kier alpha value is -2.66. The number of carbonyl (C=O) groups excluding carboxylic acids is 1. The summed E-state index contributed by atoms with van der Waals surface area (Å²) in [6, 6.07) is 2.86. The van der Waals surface area contributed by atoms with Gasteiger partial charge in [-0.3, -0.25) is 0 Å². The van der Waals surface area contributed by atoms with Crippen LogP contribution in [0.4, 0.5) is 0 Å². The molecule has 1 aliphatic heterocycles. The summed E-state index contributed by atoms with van der Waals surface area (Å²) in [6.07, 6.45) is -4.71. The summed E-state index contributed by atoms with van der Waals surface area (Å²) in [5.74, 6) is -1.37. The smallest absolute Gasteiger partial charge is 0.354 e. The Morgan fingerprint density at radius 3 is 2.52 bits per heavy atom. The topological polar surface area (TPSA) is 145 Å². The van der Waals surface area contributed by atoms with Crippen LogP contribution in [-0.2, 0) is 14.2 Å². The molecule has 2 aromatic rings. The van der Waals surface area contributed by atoms with Crippen molar-refractivity contribution in [2.45, 2.75) is 57.9 Å². The van der Waals surface area contributed by atoms with Crippen LogP contribution in [0.3, 0.4) is 0 Å². The molecule has 1 aromatic heterocycles. The fraction of sp³-hybridized carbons (Fsp3) is 0.524. The third kappa shape index (κ3) is 3.99. The number of methoxy groups -OCH3 is 1. The maximum absolute atomic E-state index is 12.3. The van der Waals surface area contributed by atoms with Crippen molar-refractivity contribution < 1.29 is 43.5 Å². The highest BCUT2D eigenvalue weighted by atomic mass is 16.7. The Kier molecular flexibility index (Phi) is 6.28. The van der Waals surface area contributed by atoms with Crippen molar-refractivity contribution in [1.82, 2.24) is 0 Å². The van der Waals surface area contributed by atoms with Crippen LogP contribution in [0, 0.1) is 6.92 Å². The lowest BCUT2D eigenvalue weighted by molar-refractivity contribution is -0.306. The number of carbonyl (C=O) groups is 1. The molecule has 1 saturated heterocycles. The van der Waals surface area contributed by atoms with Crippen LogP contribution >= 0.6 is 0 Å². The molecule has 0 aliphatic carbocycles. The molecule has 0 radical (unpaired) electrons. The van der Waals surface area contributed by atoms with Crippen molar-refractivity contribution in [1.29, 1.82) is 0 Å². The van der Waals surface area contributed by atoms with Gasteiger partial charge in [0.2, 0.25) is 6.29 Å². The number of aryl methyl sites for hydroxylation is 1. The number of hydrogen-bond donors (Lipinski definition) is 3. The minimum atomic E-state index is -1.42. The number of fused-ring (bicyclic) bond motifs is 1. The average Bonchev–Trinajstić information content (AvgIpc) is 2.68. The van der Waals surface area contributed by atoms with Gasteiger partial charge < -0.3 is 38.7 Å². The summed E-state index contributed by atoms with van der Waals surface area (Å²) >= 11 is 0. The molecule has 1 aromatic carbocycles. The summed E-state index contributed by atoms with van der Waals surface area (Å²) in [5, 5.41) is 31.4. The van der Waals surface area contributed by atoms with Crippen molar-refractivity contribution in [3.05, 3.63) is 33.7 Å². The summed E-state index contributed by atoms with van der Waals surface area (Å²) in [5.41, 5.74) is -2.31. The number of aliphatic hydroxyl groups is 2. The normalized spacial score (nSPS) is 25.4. The van der Waals surface area contributed by atoms with Crippen LogP contribution in [0.25, 0.3) is 11.0 Å². The van der Waals surface area contributed by atoms with Gasteiger partial charge in [0.25, 0.3) is 0 Å². The quantitative estimate of drug-likeness (QED) is 0.460. The highest BCUT2D eigenvalue weighted by Crippen LogP contribution is 2.36. The van der Waals surface area contributed by atoms with Crippen molar-refractivity contribution >= 4 is 16.9 Å². The van der Waals surface area contributed by atoms with E-state index in [9.17, 15) is 24.9 Å². The number of aromatic hydroxyl groups is 1. The van der Waals surface area contributed by atoms with Gasteiger partial charge in [-0.25, -0.2) is 9.59 Å². The first-order chi connectivity index (χ1) is 14.5. The largest absolute Gasteiger partial charge is 0.506 e. The van der Waals surface area contributed by atoms with Gasteiger partial charge in [-0.05, 0) is 39.8 Å². The van der Waals surface area contributed by atoms with E-state index in [0.29, 0.717) is 5.56 Å². The summed E-state index contributed by atoms with van der Waals surface area (Å²) in [7, 11) is 1.40. The molecule has 1 aliphatic rings. The fourth-order valence-electron chi connectivity index (χ4n) is 3.71. The molecular weight excluding hydrogens is 412 g/mol. The Morgan fingerprint density at radius 2 is 1.90 bits per heavy atom. The molecule has 2 heterocycles. The van der Waals surface area contributed by atoms with Crippen molar-refractivity contribution in [3.8, 4) is 11.5 Å². The van der Waals surface area contributed by atoms with Gasteiger partial charge in [-0.15, -0.1) is 0 Å². The molecule has 3 N–H and O–H groups in total. The van der Waals surface area contributed by atoms with E-state index in [1.807, 2.05) is 0 Å². The predicted octanol–water partition coefficient (Wildman–Crippen LogP) is 1.23. The lowest BCUT2D eigenvalue weighted by Gasteiger charge is -2.46. The SMILES string of the molecule is CCOC(=O)c1c(O)c2ccc(O[C@@H]3OC(C)(C)[C@H](OC)[C@@H](O)[C@H]3O)c(C)c2oc1=O. The van der Waals surface area contributed by atoms with Crippen molar-refractivity contribution in [3.63, 3.8) is 0 Å². The number of rotatable bonds is 5. The van der Waals surface area contributed by atoms with Crippen LogP contribution in [0.15, 0.2) is 21.3 Å². The standard InChI is InChI=1S/C21H26O10/c1-6-28-18(25)12-13(22)10-7-8-11(9(2)16(10)30-19(12)26)29-20-15(24)14(23)17(27-5)21(3,4)31-20/h7-8,14-15,17,20,22-24H,6H2,1-5H3/t14-,15+,17+,20+/m0/s1. The van der Waals surface area contributed by atoms with Gasteiger partial charge in [-0.1, -0.05) is 0 Å². The van der Waals surface area contributed by atoms with Crippen LogP contribution in [0.5, 0.6) is 11.5 Å². The predicted molar refractivity (Wildman–Crippen MR) is 107 cm³/mol. The van der Waals surface area contributed by atoms with Gasteiger partial charge in [0.05, 0.1) is 17.6 Å². The van der Waals surface area contributed by atoms with Gasteiger partial charge in [0.1, 0.15) is 35.4 Å². The molecule has 0 bridgehead atoms. The Morgan fingerprint density at radius 1 is 1.23 bits per heavy atom. The van der Waals surface area contributed by atoms with Crippen LogP contribution < -0.4 is 10.4 Å². The van der Waals surface area contributed by atoms with Crippen LogP contribution in [0.2, 0.25) is 0 Å². The van der Waals surface area contributed by atoms with E-state index >= 15 is 0 Å². The molecule has 1 fully saturated rings. The molecule has 170 valence electrons. The van der Waals surface area contributed by atoms with E-state index in [0.717, 1.165) is 0 Å². The highest BCUT2D eigenvalue weighted by molar-refractivity contribution is 5.99. The second kappa shape index (κ2) is 8.46. The third-order valence-electron chi connectivity index (χ3n) is 5.27. The van der Waals surface area contributed by atoms with E-state index in [-0.39, 0.29) is 23.3 Å². The summed E-state index contributed by atoms with van der Waals surface area (Å²) < 4.78 is 26.9. The first kappa shape index (κ1) is 23.0. The Bertz CT molecular complexity index is 1040. The fourth-order valence-corrected chi connectivity index (χ4v) is 3.71. The Labute approximate surface area is 177 Å². The minimum Gasteiger partial charge on any atom is -0.506 e. The summed E-state index contributed by atoms with van der Waals surface area (Å²) in [4.78, 5) is 24.3. The molecule has 10 nitrogen and oxygen atoms in total. The van der Waals surface area contributed by atoms with E-state index in [4.69, 9.17) is 23.4 Å².